The average molecular weight is 160 g/mol. The number of rotatable bonds is 2. The summed E-state index contributed by atoms with van der Waals surface area (Å²) < 4.78 is 0. The maximum Gasteiger partial charge on any atom is -0.00367 e. The summed E-state index contributed by atoms with van der Waals surface area (Å²) in [6.07, 6.45) is 0.987. The fraction of sp³-hybridized carbons (Fsp3) is 0.250. The normalized spacial score (nSPS) is 8.50. The van der Waals surface area contributed by atoms with Gasteiger partial charge in [0, 0.05) is 0 Å². The van der Waals surface area contributed by atoms with Crippen molar-refractivity contribution in [2.45, 2.75) is 6.42 Å². The molecule has 0 fully saturated rings. The lowest BCUT2D eigenvalue weighted by Gasteiger charge is -1.93. The van der Waals surface area contributed by atoms with Gasteiger partial charge >= 0.3 is 0 Å². The van der Waals surface area contributed by atoms with Crippen LogP contribution in [0.25, 0.3) is 0 Å². The van der Waals surface area contributed by atoms with Crippen molar-refractivity contribution in [3.8, 4) is 0 Å². The Balaban J connectivity index is 0.000000810. The van der Waals surface area contributed by atoms with Crippen molar-refractivity contribution < 1.29 is 0 Å². The Labute approximate surface area is 67.7 Å². The van der Waals surface area contributed by atoms with Crippen LogP contribution in [0, 0.1) is 0 Å². The summed E-state index contributed by atoms with van der Waals surface area (Å²) in [7, 11) is 0. The maximum absolute atomic E-state index is 5.36. The van der Waals surface area contributed by atoms with E-state index in [0.717, 1.165) is 13.0 Å². The zero-order valence-electron chi connectivity index (χ0n) is 5.79. The van der Waals surface area contributed by atoms with Gasteiger partial charge in [-0.25, -0.2) is 0 Å². The molecular weight excluding hydrogens is 148 g/mol. The highest BCUT2D eigenvalue weighted by atomic mass is 35.5. The van der Waals surface area contributed by atoms with Gasteiger partial charge in [-0.3, -0.25) is 0 Å². The van der Waals surface area contributed by atoms with Crippen molar-refractivity contribution in [3.05, 3.63) is 35.9 Å². The highest BCUT2D eigenvalue weighted by Crippen LogP contribution is 1.96. The van der Waals surface area contributed by atoms with E-state index in [1.54, 1.807) is 0 Å². The van der Waals surface area contributed by atoms with Gasteiger partial charge in [-0.05, 0) is 18.5 Å². The predicted octanol–water partition coefficient (Wildman–Crippen LogP) is 1.61. The van der Waals surface area contributed by atoms with E-state index in [2.05, 4.69) is 12.1 Å². The van der Waals surface area contributed by atoms with Crippen LogP contribution in [-0.2, 0) is 6.42 Å². The van der Waals surface area contributed by atoms with Crippen molar-refractivity contribution in [2.24, 2.45) is 5.73 Å². The summed E-state index contributed by atoms with van der Waals surface area (Å²) in [5.41, 5.74) is 6.68. The molecule has 2 heteroatoms. The van der Waals surface area contributed by atoms with Crippen LogP contribution < -0.4 is 5.73 Å². The second-order valence-electron chi connectivity index (χ2n) is 2.02. The fourth-order valence-electron chi connectivity index (χ4n) is 0.811. The molecule has 1 nitrogen and oxygen atoms in total. The summed E-state index contributed by atoms with van der Waals surface area (Å²) >= 11 is 0. The van der Waals surface area contributed by atoms with Crippen molar-refractivity contribution in [1.29, 1.82) is 0 Å². The minimum absolute atomic E-state index is 0. The molecule has 0 unspecified atom stereocenters. The first-order valence-electron chi connectivity index (χ1n) is 3.17. The van der Waals surface area contributed by atoms with Gasteiger partial charge in [0.15, 0.2) is 0 Å². The zero-order chi connectivity index (χ0) is 6.53. The third-order valence-electron chi connectivity index (χ3n) is 1.28. The van der Waals surface area contributed by atoms with Crippen LogP contribution in [0.2, 0.25) is 0 Å². The number of hydrogen-bond donors (Lipinski definition) is 1. The van der Waals surface area contributed by atoms with Gasteiger partial charge in [-0.15, -0.1) is 12.4 Å². The van der Waals surface area contributed by atoms with Crippen molar-refractivity contribution >= 4 is 12.4 Å². The van der Waals surface area contributed by atoms with Gasteiger partial charge in [-0.2, -0.15) is 0 Å². The second-order valence-corrected chi connectivity index (χ2v) is 2.02. The summed E-state index contributed by atoms with van der Waals surface area (Å²) in [5.74, 6) is 0. The Kier molecular flexibility index (Phi) is 4.99. The Bertz CT molecular complexity index is 162. The third kappa shape index (κ3) is 2.85. The molecule has 0 bridgehead atoms. The third-order valence-corrected chi connectivity index (χ3v) is 1.28. The molecule has 0 radical (unpaired) electrons. The van der Waals surface area contributed by atoms with E-state index in [0.29, 0.717) is 0 Å². The molecule has 0 heterocycles. The number of halogens is 1. The topological polar surface area (TPSA) is 26.0 Å². The first kappa shape index (κ1) is 9.47. The monoisotopic (exact) mass is 159 g/mol. The smallest absolute Gasteiger partial charge is 0.00367 e. The lowest BCUT2D eigenvalue weighted by atomic mass is 10.5. The van der Waals surface area contributed by atoms with E-state index in [1.807, 2.05) is 18.2 Å². The second kappa shape index (κ2) is 5.27. The van der Waals surface area contributed by atoms with Crippen LogP contribution in [-0.4, -0.2) is 6.54 Å². The first-order chi connectivity index (χ1) is 4.43. The number of nitrogens with two attached hydrogens (primary N) is 1. The summed E-state index contributed by atoms with van der Waals surface area (Å²) in [4.78, 5) is 0. The van der Waals surface area contributed by atoms with E-state index < -0.39 is 0 Å². The molecule has 0 aliphatic heterocycles. The molecule has 0 saturated carbocycles. The van der Waals surface area contributed by atoms with E-state index in [4.69, 9.17) is 5.73 Å². The van der Waals surface area contributed by atoms with Gasteiger partial charge in [0.25, 0.3) is 0 Å². The van der Waals surface area contributed by atoms with Crippen LogP contribution in [0.15, 0.2) is 30.3 Å². The molecule has 2 N–H and O–H groups in total. The molecule has 0 spiro atoms. The molecule has 0 amide bonds. The Morgan fingerprint density at radius 1 is 1.10 bits per heavy atom. The SMILES string of the molecule is Cl.NCC[14c]1ccccc1. The Morgan fingerprint density at radius 2 is 1.70 bits per heavy atom. The molecule has 0 aromatic heterocycles. The fourth-order valence-corrected chi connectivity index (χ4v) is 0.811. The van der Waals surface area contributed by atoms with Gasteiger partial charge < -0.3 is 5.73 Å². The predicted molar refractivity (Wildman–Crippen MR) is 46.4 cm³/mol. The van der Waals surface area contributed by atoms with Crippen LogP contribution >= 0.6 is 12.4 Å². The largest absolute Gasteiger partial charge is 0.330 e. The van der Waals surface area contributed by atoms with E-state index >= 15 is 0 Å². The standard InChI is InChI=1S/C8H11N.ClH/c9-7-6-8-4-2-1-3-5-8;/h1-5H,6-7,9H2;1H/i8+2;. The van der Waals surface area contributed by atoms with Crippen molar-refractivity contribution in [1.82, 2.24) is 0 Å². The van der Waals surface area contributed by atoms with E-state index in [1.165, 1.54) is 5.56 Å². The minimum Gasteiger partial charge on any atom is -0.330 e. The molecule has 1 aromatic carbocycles. The van der Waals surface area contributed by atoms with Gasteiger partial charge in [0.1, 0.15) is 0 Å². The van der Waals surface area contributed by atoms with Gasteiger partial charge in [-0.1, -0.05) is 30.3 Å². The van der Waals surface area contributed by atoms with Crippen molar-refractivity contribution in [3.63, 3.8) is 0 Å². The molecule has 0 aliphatic carbocycles. The van der Waals surface area contributed by atoms with Crippen molar-refractivity contribution in [2.75, 3.05) is 6.54 Å². The highest BCUT2D eigenvalue weighted by molar-refractivity contribution is 5.85. The van der Waals surface area contributed by atoms with Gasteiger partial charge in [0.05, 0.1) is 0 Å². The molecule has 10 heavy (non-hydrogen) atoms. The molecule has 0 aliphatic rings. The molecule has 56 valence electrons. The van der Waals surface area contributed by atoms with Crippen LogP contribution in [0.1, 0.15) is 5.56 Å². The van der Waals surface area contributed by atoms with Gasteiger partial charge in [0.2, 0.25) is 0 Å². The van der Waals surface area contributed by atoms with Crippen LogP contribution in [0.5, 0.6) is 0 Å². The van der Waals surface area contributed by atoms with Crippen LogP contribution in [0.3, 0.4) is 0 Å². The Morgan fingerprint density at radius 3 is 2.20 bits per heavy atom. The average Bonchev–Trinajstić information content (AvgIpc) is 1.91. The molecule has 0 saturated heterocycles. The molecular formula is C8H12ClN. The van der Waals surface area contributed by atoms with Crippen LogP contribution in [0.4, 0.5) is 0 Å². The quantitative estimate of drug-likeness (QED) is 0.697. The molecule has 1 aromatic rings. The zero-order valence-corrected chi connectivity index (χ0v) is 6.60. The molecule has 0 atom stereocenters. The summed E-state index contributed by atoms with van der Waals surface area (Å²) in [5, 5.41) is 0. The lowest BCUT2D eigenvalue weighted by molar-refractivity contribution is 0.969. The number of benzene rings is 1. The first-order valence-corrected chi connectivity index (χ1v) is 3.17. The minimum atomic E-state index is 0. The lowest BCUT2D eigenvalue weighted by Crippen LogP contribution is -2.01. The van der Waals surface area contributed by atoms with E-state index in [9.17, 15) is 0 Å². The molecule has 1 rings (SSSR count). The Hall–Kier alpha value is -0.530. The maximum atomic E-state index is 5.36. The summed E-state index contributed by atoms with van der Waals surface area (Å²) in [6.45, 7) is 0.740. The van der Waals surface area contributed by atoms with E-state index in [-0.39, 0.29) is 12.4 Å². The highest BCUT2D eigenvalue weighted by Gasteiger charge is 1.84. The number of hydrogen-bond acceptors (Lipinski definition) is 1. The summed E-state index contributed by atoms with van der Waals surface area (Å²) in [6, 6.07) is 10.3.